The van der Waals surface area contributed by atoms with E-state index < -0.39 is 6.67 Å². The van der Waals surface area contributed by atoms with Crippen molar-refractivity contribution in [3.05, 3.63) is 0 Å². The van der Waals surface area contributed by atoms with Gasteiger partial charge in [-0.2, -0.15) is 6.92 Å². The van der Waals surface area contributed by atoms with Gasteiger partial charge in [-0.25, -0.2) is 4.39 Å². The first-order valence-corrected chi connectivity index (χ1v) is 3.67. The fourth-order valence-electron chi connectivity index (χ4n) is 0.308. The molecule has 2 radical (unpaired) electrons. The summed E-state index contributed by atoms with van der Waals surface area (Å²) in [5.41, 5.74) is 0. The first-order valence-electron chi connectivity index (χ1n) is 3.67. The second-order valence-corrected chi connectivity index (χ2v) is 1.56. The number of rotatable bonds is 4. The van der Waals surface area contributed by atoms with E-state index >= 15 is 0 Å². The van der Waals surface area contributed by atoms with E-state index in [-0.39, 0.29) is 78.6 Å². The molecule has 0 aliphatic rings. The molecule has 0 aromatic heterocycles. The first-order chi connectivity index (χ1) is 5.83. The molecule has 0 unspecified atom stereocenters. The van der Waals surface area contributed by atoms with Gasteiger partial charge in [0, 0.05) is 72.0 Å². The summed E-state index contributed by atoms with van der Waals surface area (Å²) in [6, 6.07) is 0. The summed E-state index contributed by atoms with van der Waals surface area (Å²) in [6.07, 6.45) is 4.61. The molecule has 0 saturated carbocycles. The average molecular weight is 352 g/mol. The molecule has 0 heterocycles. The molecule has 0 N–H and O–H groups in total. The van der Waals surface area contributed by atoms with Crippen molar-refractivity contribution < 1.29 is 74.2 Å². The summed E-state index contributed by atoms with van der Waals surface area (Å²) >= 11 is 0. The number of hydrogen-bond donors (Lipinski definition) is 0. The van der Waals surface area contributed by atoms with Crippen LogP contribution in [0.4, 0.5) is 8.78 Å². The summed E-state index contributed by atoms with van der Waals surface area (Å²) in [7, 11) is 0. The fraction of sp³-hybridized carbons (Fsp3) is 0.750. The summed E-state index contributed by atoms with van der Waals surface area (Å²) in [6.45, 7) is 3.44. The Balaban J connectivity index is -0.0000000625. The Morgan fingerprint density at radius 2 is 1.71 bits per heavy atom. The van der Waals surface area contributed by atoms with E-state index in [0.29, 0.717) is 6.54 Å². The molecule has 6 heteroatoms. The Morgan fingerprint density at radius 3 is 1.86 bits per heavy atom. The standard InChI is InChI=1S/2C4H7FN.2Y/c2*1-2-6-4-3-5;;/h3-4H2,1H3;2-3H2,1H3;;/q2*-1;;/i2*5-1;;. The van der Waals surface area contributed by atoms with Crippen molar-refractivity contribution in [2.75, 3.05) is 26.4 Å². The molecular formula is C8H14F2N2Y2-2. The largest absolute Gasteiger partial charge is 0.501 e. The van der Waals surface area contributed by atoms with Crippen LogP contribution in [0, 0.1) is 0 Å². The SMILES string of the molecule is CCN=[C-]C[18F].C[C-]=NCC[18F].[Y].[Y]. The molecular weight excluding hydrogens is 338 g/mol. The maximum absolute atomic E-state index is 11.0. The van der Waals surface area contributed by atoms with E-state index in [2.05, 4.69) is 22.4 Å². The third-order valence-electron chi connectivity index (χ3n) is 0.684. The number of hydrogen-bond acceptors (Lipinski definition) is 2. The molecule has 14 heavy (non-hydrogen) atoms. The smallest absolute Gasteiger partial charge is 0.106 e. The minimum Gasteiger partial charge on any atom is -0.501 e. The van der Waals surface area contributed by atoms with E-state index in [1.165, 1.54) is 0 Å². The van der Waals surface area contributed by atoms with Crippen LogP contribution in [0.3, 0.4) is 0 Å². The zero-order chi connectivity index (χ0) is 9.66. The summed E-state index contributed by atoms with van der Waals surface area (Å²) in [4.78, 5) is 6.93. The van der Waals surface area contributed by atoms with Gasteiger partial charge in [0.15, 0.2) is 0 Å². The third-order valence-corrected chi connectivity index (χ3v) is 0.684. The van der Waals surface area contributed by atoms with Crippen molar-refractivity contribution in [1.29, 1.82) is 0 Å². The maximum Gasteiger partial charge on any atom is 0.106 e. The van der Waals surface area contributed by atoms with Crippen molar-refractivity contribution in [3.63, 3.8) is 0 Å². The van der Waals surface area contributed by atoms with Gasteiger partial charge in [-0.1, -0.05) is 0 Å². The van der Waals surface area contributed by atoms with Crippen LogP contribution < -0.4 is 0 Å². The third kappa shape index (κ3) is 37.6. The van der Waals surface area contributed by atoms with Crippen LogP contribution in [0.2, 0.25) is 0 Å². The summed E-state index contributed by atoms with van der Waals surface area (Å²) in [5, 5.41) is 0. The Labute approximate surface area is 135 Å². The minimum absolute atomic E-state index is 0. The van der Waals surface area contributed by atoms with E-state index in [1.54, 1.807) is 6.92 Å². The summed E-state index contributed by atoms with van der Waals surface area (Å²) < 4.78 is 22.0. The Morgan fingerprint density at radius 1 is 1.14 bits per heavy atom. The molecule has 0 aromatic rings. The first kappa shape index (κ1) is 24.6. The monoisotopic (exact) mass is 352 g/mol. The quantitative estimate of drug-likeness (QED) is 0.545. The van der Waals surface area contributed by atoms with Crippen LogP contribution >= 0.6 is 0 Å². The van der Waals surface area contributed by atoms with Crippen molar-refractivity contribution in [3.8, 4) is 0 Å². The second kappa shape index (κ2) is 29.3. The van der Waals surface area contributed by atoms with Crippen LogP contribution in [0.5, 0.6) is 0 Å². The van der Waals surface area contributed by atoms with Crippen LogP contribution in [-0.4, -0.2) is 38.9 Å². The molecule has 78 valence electrons. The van der Waals surface area contributed by atoms with E-state index in [9.17, 15) is 8.78 Å². The van der Waals surface area contributed by atoms with Crippen molar-refractivity contribution in [2.45, 2.75) is 13.8 Å². The van der Waals surface area contributed by atoms with Crippen molar-refractivity contribution in [2.24, 2.45) is 9.98 Å². The number of alkyl halides is 2. The molecule has 0 rings (SSSR count). The second-order valence-electron chi connectivity index (χ2n) is 1.56. The van der Waals surface area contributed by atoms with Crippen molar-refractivity contribution in [1.82, 2.24) is 0 Å². The van der Waals surface area contributed by atoms with Crippen LogP contribution in [0.25, 0.3) is 0 Å². The van der Waals surface area contributed by atoms with E-state index in [0.717, 1.165) is 0 Å². The van der Waals surface area contributed by atoms with Gasteiger partial charge < -0.3 is 22.4 Å². The van der Waals surface area contributed by atoms with Gasteiger partial charge in [0.1, 0.15) is 6.67 Å². The predicted molar refractivity (Wildman–Crippen MR) is 47.9 cm³/mol. The summed E-state index contributed by atoms with van der Waals surface area (Å²) in [5.74, 6) is 0. The molecule has 0 amide bonds. The van der Waals surface area contributed by atoms with Gasteiger partial charge in [-0.05, 0) is 20.1 Å². The average Bonchev–Trinajstić information content (AvgIpc) is 2.12. The Kier molecular flexibility index (Phi) is 51.4. The van der Waals surface area contributed by atoms with Gasteiger partial charge in [0.25, 0.3) is 0 Å². The van der Waals surface area contributed by atoms with Crippen LogP contribution in [-0.2, 0) is 65.4 Å². The molecule has 0 bridgehead atoms. The van der Waals surface area contributed by atoms with Gasteiger partial charge in [0.05, 0.1) is 0 Å². The van der Waals surface area contributed by atoms with Gasteiger partial charge >= 0.3 is 0 Å². The Bertz CT molecular complexity index is 116. The molecule has 0 aliphatic heterocycles. The van der Waals surface area contributed by atoms with Gasteiger partial charge in [0.2, 0.25) is 0 Å². The molecule has 0 fully saturated rings. The molecule has 0 aliphatic carbocycles. The zero-order valence-electron chi connectivity index (χ0n) is 8.63. The fourth-order valence-corrected chi connectivity index (χ4v) is 0.308. The van der Waals surface area contributed by atoms with E-state index in [4.69, 9.17) is 0 Å². The topological polar surface area (TPSA) is 24.7 Å². The molecule has 0 spiro atoms. The molecule has 0 aromatic carbocycles. The molecule has 2 nitrogen and oxygen atoms in total. The number of nitrogens with zero attached hydrogens (tertiary/aromatic N) is 2. The number of aliphatic imine (C=N–C) groups is 2. The number of halogens is 2. The zero-order valence-corrected chi connectivity index (χ0v) is 14.3. The molecule has 0 saturated heterocycles. The van der Waals surface area contributed by atoms with Crippen LogP contribution in [0.15, 0.2) is 9.98 Å². The van der Waals surface area contributed by atoms with Gasteiger partial charge in [-0.3, -0.25) is 4.39 Å². The predicted octanol–water partition coefficient (Wildman–Crippen LogP) is 1.84. The minimum atomic E-state index is -0.562. The normalized spacial score (nSPS) is 8.86. The molecule has 0 atom stereocenters. The van der Waals surface area contributed by atoms with E-state index in [1.807, 2.05) is 6.92 Å². The Hall–Kier alpha value is 1.41. The maximum atomic E-state index is 11.0. The van der Waals surface area contributed by atoms with Crippen molar-refractivity contribution >= 4 is 12.4 Å². The van der Waals surface area contributed by atoms with Crippen LogP contribution in [0.1, 0.15) is 13.8 Å². The van der Waals surface area contributed by atoms with Gasteiger partial charge in [-0.15, -0.1) is 0 Å².